The minimum Gasteiger partial charge on any atom is -0.397 e. The number of halogens is 1. The molecule has 3 aromatic carbocycles. The van der Waals surface area contributed by atoms with Crippen molar-refractivity contribution < 1.29 is 9.18 Å². The van der Waals surface area contributed by atoms with Gasteiger partial charge in [-0.05, 0) is 73.1 Å². The highest BCUT2D eigenvalue weighted by molar-refractivity contribution is 6.06. The minimum atomic E-state index is -0.290. The van der Waals surface area contributed by atoms with Gasteiger partial charge in [0.15, 0.2) is 0 Å². The van der Waals surface area contributed by atoms with Crippen LogP contribution in [0.2, 0.25) is 0 Å². The van der Waals surface area contributed by atoms with Crippen molar-refractivity contribution in [1.29, 1.82) is 0 Å². The monoisotopic (exact) mass is 404 g/mol. The zero-order valence-corrected chi connectivity index (χ0v) is 16.9. The van der Waals surface area contributed by atoms with E-state index in [1.165, 1.54) is 12.1 Å². The van der Waals surface area contributed by atoms with Gasteiger partial charge in [0.2, 0.25) is 0 Å². The molecule has 4 rings (SSSR count). The Balaban J connectivity index is 1.48. The summed E-state index contributed by atoms with van der Waals surface area (Å²) in [6.45, 7) is 1.97. The number of nitrogens with one attached hydrogen (secondary N) is 2. The molecule has 6 heteroatoms. The summed E-state index contributed by atoms with van der Waals surface area (Å²) in [6, 6.07) is 19.7. The molecular formula is C24H25FN4O. The van der Waals surface area contributed by atoms with Gasteiger partial charge in [-0.3, -0.25) is 4.79 Å². The summed E-state index contributed by atoms with van der Waals surface area (Å²) in [5.74, 6) is -0.513. The summed E-state index contributed by atoms with van der Waals surface area (Å²) in [5, 5.41) is 6.20. The van der Waals surface area contributed by atoms with Crippen LogP contribution >= 0.6 is 0 Å². The fourth-order valence-electron chi connectivity index (χ4n) is 3.73. The number of benzene rings is 3. The second-order valence-electron chi connectivity index (χ2n) is 7.53. The van der Waals surface area contributed by atoms with Gasteiger partial charge in [-0.1, -0.05) is 18.2 Å². The summed E-state index contributed by atoms with van der Waals surface area (Å²) in [4.78, 5) is 15.1. The maximum atomic E-state index is 13.2. The van der Waals surface area contributed by atoms with Crippen molar-refractivity contribution in [2.45, 2.75) is 12.5 Å². The first-order valence-electron chi connectivity index (χ1n) is 10.0. The molecule has 0 saturated carbocycles. The average Bonchev–Trinajstić information content (AvgIpc) is 3.25. The number of nitrogens with two attached hydrogens (primary N) is 1. The summed E-state index contributed by atoms with van der Waals surface area (Å²) in [6.07, 6.45) is 1.11. The Kier molecular flexibility index (Phi) is 5.68. The van der Waals surface area contributed by atoms with Gasteiger partial charge in [0.1, 0.15) is 5.82 Å². The number of carbonyl (C=O) groups is 1. The number of anilines is 3. The standard InChI is InChI=1S/C24H25FN4O/c1-27-20-12-13-29(15-20)21-9-4-17(5-10-21)24(30)28-23-14-18(6-11-22(23)26)16-2-7-19(25)8-3-16/h2-11,14,20,27H,12-13,15,26H2,1H3,(H,28,30). The highest BCUT2D eigenvalue weighted by atomic mass is 19.1. The molecule has 0 radical (unpaired) electrons. The molecule has 154 valence electrons. The Bertz CT molecular complexity index is 1030. The molecule has 3 aromatic rings. The number of hydrogen-bond acceptors (Lipinski definition) is 4. The van der Waals surface area contributed by atoms with Crippen LogP contribution in [0.25, 0.3) is 11.1 Å². The highest BCUT2D eigenvalue weighted by Gasteiger charge is 2.21. The van der Waals surface area contributed by atoms with Crippen LogP contribution in [0, 0.1) is 5.82 Å². The Morgan fingerprint density at radius 3 is 2.40 bits per heavy atom. The first-order valence-corrected chi connectivity index (χ1v) is 10.0. The zero-order chi connectivity index (χ0) is 21.1. The fourth-order valence-corrected chi connectivity index (χ4v) is 3.73. The molecule has 1 fully saturated rings. The van der Waals surface area contributed by atoms with E-state index in [9.17, 15) is 9.18 Å². The van der Waals surface area contributed by atoms with E-state index in [0.717, 1.165) is 36.3 Å². The van der Waals surface area contributed by atoms with Gasteiger partial charge in [0.25, 0.3) is 5.91 Å². The van der Waals surface area contributed by atoms with Crippen molar-refractivity contribution in [3.63, 3.8) is 0 Å². The van der Waals surface area contributed by atoms with Crippen molar-refractivity contribution in [1.82, 2.24) is 5.32 Å². The number of nitrogen functional groups attached to an aromatic ring is 1. The van der Waals surface area contributed by atoms with Crippen LogP contribution in [0.1, 0.15) is 16.8 Å². The Morgan fingerprint density at radius 2 is 1.73 bits per heavy atom. The van der Waals surface area contributed by atoms with Crippen LogP contribution in [-0.4, -0.2) is 32.1 Å². The number of carbonyl (C=O) groups excluding carboxylic acids is 1. The molecule has 1 atom stereocenters. The van der Waals surface area contributed by atoms with Gasteiger partial charge < -0.3 is 21.3 Å². The van der Waals surface area contributed by atoms with E-state index in [4.69, 9.17) is 5.73 Å². The van der Waals surface area contributed by atoms with Crippen LogP contribution < -0.4 is 21.3 Å². The normalized spacial score (nSPS) is 15.9. The van der Waals surface area contributed by atoms with Crippen LogP contribution in [0.4, 0.5) is 21.5 Å². The van der Waals surface area contributed by atoms with Crippen molar-refractivity contribution >= 4 is 23.0 Å². The Hall–Kier alpha value is -3.38. The quantitative estimate of drug-likeness (QED) is 0.560. The van der Waals surface area contributed by atoms with Crippen molar-refractivity contribution in [3.8, 4) is 11.1 Å². The summed E-state index contributed by atoms with van der Waals surface area (Å²) < 4.78 is 13.2. The number of nitrogens with zero attached hydrogens (tertiary/aromatic N) is 1. The second kappa shape index (κ2) is 8.55. The third kappa shape index (κ3) is 4.28. The molecular weight excluding hydrogens is 379 g/mol. The zero-order valence-electron chi connectivity index (χ0n) is 16.9. The number of rotatable bonds is 5. The molecule has 1 aliphatic heterocycles. The largest absolute Gasteiger partial charge is 0.397 e. The molecule has 1 heterocycles. The summed E-state index contributed by atoms with van der Waals surface area (Å²) >= 11 is 0. The summed E-state index contributed by atoms with van der Waals surface area (Å²) in [7, 11) is 1.98. The van der Waals surface area contributed by atoms with E-state index in [0.29, 0.717) is 23.0 Å². The summed E-state index contributed by atoms with van der Waals surface area (Å²) in [5.41, 5.74) is 10.4. The molecule has 5 nitrogen and oxygen atoms in total. The molecule has 30 heavy (non-hydrogen) atoms. The molecule has 4 N–H and O–H groups in total. The van der Waals surface area contributed by atoms with Crippen LogP contribution in [0.15, 0.2) is 66.7 Å². The van der Waals surface area contributed by atoms with Crippen LogP contribution in [-0.2, 0) is 0 Å². The van der Waals surface area contributed by atoms with E-state index >= 15 is 0 Å². The third-order valence-electron chi connectivity index (χ3n) is 5.57. The van der Waals surface area contributed by atoms with Crippen molar-refractivity contribution in [2.75, 3.05) is 36.1 Å². The van der Waals surface area contributed by atoms with E-state index in [1.54, 1.807) is 24.3 Å². The van der Waals surface area contributed by atoms with Crippen LogP contribution in [0.5, 0.6) is 0 Å². The lowest BCUT2D eigenvalue weighted by Gasteiger charge is -2.19. The lowest BCUT2D eigenvalue weighted by Crippen LogP contribution is -2.29. The maximum absolute atomic E-state index is 13.2. The van der Waals surface area contributed by atoms with Crippen molar-refractivity contribution in [2.24, 2.45) is 0 Å². The smallest absolute Gasteiger partial charge is 0.255 e. The fraction of sp³-hybridized carbons (Fsp3) is 0.208. The predicted molar refractivity (Wildman–Crippen MR) is 120 cm³/mol. The molecule has 0 bridgehead atoms. The lowest BCUT2D eigenvalue weighted by atomic mass is 10.0. The first-order chi connectivity index (χ1) is 14.5. The van der Waals surface area contributed by atoms with Gasteiger partial charge in [0.05, 0.1) is 11.4 Å². The topological polar surface area (TPSA) is 70.4 Å². The molecule has 0 spiro atoms. The van der Waals surface area contributed by atoms with Gasteiger partial charge in [-0.25, -0.2) is 4.39 Å². The molecule has 1 aliphatic rings. The van der Waals surface area contributed by atoms with E-state index in [2.05, 4.69) is 15.5 Å². The van der Waals surface area contributed by atoms with Gasteiger partial charge in [-0.15, -0.1) is 0 Å². The SMILES string of the molecule is CNC1CCN(c2ccc(C(=O)Nc3cc(-c4ccc(F)cc4)ccc3N)cc2)C1. The Morgan fingerprint density at radius 1 is 1.03 bits per heavy atom. The molecule has 0 aliphatic carbocycles. The molecule has 1 saturated heterocycles. The van der Waals surface area contributed by atoms with Gasteiger partial charge >= 0.3 is 0 Å². The van der Waals surface area contributed by atoms with E-state index in [-0.39, 0.29) is 11.7 Å². The Labute approximate surface area is 175 Å². The predicted octanol–water partition coefficient (Wildman–Crippen LogP) is 4.13. The lowest BCUT2D eigenvalue weighted by molar-refractivity contribution is 0.102. The van der Waals surface area contributed by atoms with E-state index in [1.807, 2.05) is 37.4 Å². The number of likely N-dealkylation sites (N-methyl/N-ethyl adjacent to an activating group) is 1. The highest BCUT2D eigenvalue weighted by Crippen LogP contribution is 2.28. The van der Waals surface area contributed by atoms with Gasteiger partial charge in [-0.2, -0.15) is 0 Å². The second-order valence-corrected chi connectivity index (χ2v) is 7.53. The molecule has 0 aromatic heterocycles. The maximum Gasteiger partial charge on any atom is 0.255 e. The molecule has 1 unspecified atom stereocenters. The van der Waals surface area contributed by atoms with Gasteiger partial charge in [0, 0.05) is 30.4 Å². The first kappa shape index (κ1) is 19.9. The number of hydrogen-bond donors (Lipinski definition) is 3. The third-order valence-corrected chi connectivity index (χ3v) is 5.57. The minimum absolute atomic E-state index is 0.223. The average molecular weight is 404 g/mol. The number of amides is 1. The molecule has 1 amide bonds. The van der Waals surface area contributed by atoms with Crippen molar-refractivity contribution in [3.05, 3.63) is 78.1 Å². The van der Waals surface area contributed by atoms with Crippen LogP contribution in [0.3, 0.4) is 0 Å². The van der Waals surface area contributed by atoms with E-state index < -0.39 is 0 Å².